The summed E-state index contributed by atoms with van der Waals surface area (Å²) in [6, 6.07) is 7.54. The van der Waals surface area contributed by atoms with Gasteiger partial charge < -0.3 is 10.4 Å². The van der Waals surface area contributed by atoms with Crippen LogP contribution in [0.4, 0.5) is 5.69 Å². The van der Waals surface area contributed by atoms with Crippen LogP contribution in [0, 0.1) is 5.41 Å². The van der Waals surface area contributed by atoms with Crippen LogP contribution in [0.1, 0.15) is 44.0 Å². The molecular weight excluding hydrogens is 226 g/mol. The van der Waals surface area contributed by atoms with Crippen molar-refractivity contribution in [1.29, 1.82) is 0 Å². The van der Waals surface area contributed by atoms with Crippen molar-refractivity contribution < 1.29 is 9.90 Å². The van der Waals surface area contributed by atoms with E-state index in [1.165, 1.54) is 0 Å². The highest BCUT2D eigenvalue weighted by molar-refractivity contribution is 5.94. The van der Waals surface area contributed by atoms with E-state index in [1.807, 2.05) is 24.3 Å². The van der Waals surface area contributed by atoms with Crippen molar-refractivity contribution in [1.82, 2.24) is 0 Å². The molecule has 100 valence electrons. The molecule has 0 amide bonds. The average molecular weight is 249 g/mol. The third-order valence-electron chi connectivity index (χ3n) is 3.07. The summed E-state index contributed by atoms with van der Waals surface area (Å²) in [7, 11) is 0. The summed E-state index contributed by atoms with van der Waals surface area (Å²) in [6.45, 7) is 7.03. The summed E-state index contributed by atoms with van der Waals surface area (Å²) in [5.41, 5.74) is 1.92. The molecule has 0 radical (unpaired) electrons. The lowest BCUT2D eigenvalue weighted by Gasteiger charge is -2.25. The monoisotopic (exact) mass is 249 g/mol. The molecule has 0 saturated heterocycles. The fourth-order valence-electron chi connectivity index (χ4n) is 1.81. The highest BCUT2D eigenvalue weighted by Crippen LogP contribution is 2.23. The molecule has 0 aromatic heterocycles. The summed E-state index contributed by atoms with van der Waals surface area (Å²) < 4.78 is 0. The van der Waals surface area contributed by atoms with Gasteiger partial charge in [-0.2, -0.15) is 0 Å². The van der Waals surface area contributed by atoms with Gasteiger partial charge in [-0.15, -0.1) is 0 Å². The van der Waals surface area contributed by atoms with E-state index < -0.39 is 0 Å². The molecule has 0 aliphatic heterocycles. The van der Waals surface area contributed by atoms with Gasteiger partial charge in [-0.05, 0) is 49.4 Å². The summed E-state index contributed by atoms with van der Waals surface area (Å²) in [5.74, 6) is 0.0878. The molecule has 0 heterocycles. The molecule has 1 rings (SSSR count). The molecule has 0 aliphatic rings. The lowest BCUT2D eigenvalue weighted by Crippen LogP contribution is -2.23. The Balaban J connectivity index is 2.50. The van der Waals surface area contributed by atoms with E-state index in [4.69, 9.17) is 5.11 Å². The predicted octanol–water partition coefficient (Wildman–Crippen LogP) is 3.10. The molecule has 0 bridgehead atoms. The minimum Gasteiger partial charge on any atom is -0.396 e. The molecule has 1 aromatic rings. The summed E-state index contributed by atoms with van der Waals surface area (Å²) in [6.07, 6.45) is 1.82. The van der Waals surface area contributed by atoms with E-state index in [9.17, 15) is 4.79 Å². The Bertz CT molecular complexity index is 382. The number of aliphatic hydroxyl groups excluding tert-OH is 1. The lowest BCUT2D eigenvalue weighted by atomic mass is 9.88. The van der Waals surface area contributed by atoms with E-state index in [0.717, 1.165) is 30.6 Å². The predicted molar refractivity (Wildman–Crippen MR) is 75.0 cm³/mol. The number of benzene rings is 1. The van der Waals surface area contributed by atoms with Crippen LogP contribution in [0.3, 0.4) is 0 Å². The first-order valence-corrected chi connectivity index (χ1v) is 6.40. The van der Waals surface area contributed by atoms with Crippen molar-refractivity contribution in [2.45, 2.75) is 33.6 Å². The van der Waals surface area contributed by atoms with Crippen LogP contribution in [0.2, 0.25) is 0 Å². The molecule has 0 aliphatic carbocycles. The molecule has 18 heavy (non-hydrogen) atoms. The van der Waals surface area contributed by atoms with Crippen LogP contribution in [0.15, 0.2) is 24.3 Å². The zero-order valence-corrected chi connectivity index (χ0v) is 11.5. The molecule has 0 unspecified atom stereocenters. The van der Waals surface area contributed by atoms with Gasteiger partial charge in [0.15, 0.2) is 5.78 Å². The second-order valence-electron chi connectivity index (χ2n) is 5.48. The van der Waals surface area contributed by atoms with Crippen molar-refractivity contribution in [3.63, 3.8) is 0 Å². The molecule has 0 saturated carbocycles. The highest BCUT2D eigenvalue weighted by Gasteiger charge is 2.16. The quantitative estimate of drug-likeness (QED) is 0.730. The summed E-state index contributed by atoms with van der Waals surface area (Å²) in [5, 5.41) is 12.2. The van der Waals surface area contributed by atoms with Gasteiger partial charge in [-0.1, -0.05) is 13.8 Å². The minimum atomic E-state index is 0.0878. The molecule has 2 N–H and O–H groups in total. The summed E-state index contributed by atoms with van der Waals surface area (Å²) in [4.78, 5) is 11.1. The van der Waals surface area contributed by atoms with Gasteiger partial charge in [0, 0.05) is 24.4 Å². The van der Waals surface area contributed by atoms with Crippen molar-refractivity contribution in [2.24, 2.45) is 5.41 Å². The third-order valence-corrected chi connectivity index (χ3v) is 3.07. The minimum absolute atomic E-state index is 0.0878. The lowest BCUT2D eigenvalue weighted by molar-refractivity contribution is 0.101. The van der Waals surface area contributed by atoms with Crippen LogP contribution in [0.5, 0.6) is 0 Å². The molecular formula is C15H23NO2. The van der Waals surface area contributed by atoms with Gasteiger partial charge in [-0.3, -0.25) is 4.79 Å². The Morgan fingerprint density at radius 1 is 1.28 bits per heavy atom. The Morgan fingerprint density at radius 2 is 1.89 bits per heavy atom. The topological polar surface area (TPSA) is 49.3 Å². The Hall–Kier alpha value is -1.35. The van der Waals surface area contributed by atoms with Gasteiger partial charge in [0.05, 0.1) is 0 Å². The van der Waals surface area contributed by atoms with Gasteiger partial charge >= 0.3 is 0 Å². The number of nitrogens with one attached hydrogen (secondary N) is 1. The molecule has 3 nitrogen and oxygen atoms in total. The summed E-state index contributed by atoms with van der Waals surface area (Å²) >= 11 is 0. The van der Waals surface area contributed by atoms with Crippen LogP contribution in [-0.2, 0) is 0 Å². The molecule has 0 atom stereocenters. The van der Waals surface area contributed by atoms with Gasteiger partial charge in [0.2, 0.25) is 0 Å². The number of hydrogen-bond acceptors (Lipinski definition) is 3. The highest BCUT2D eigenvalue weighted by atomic mass is 16.2. The largest absolute Gasteiger partial charge is 0.396 e. The fraction of sp³-hybridized carbons (Fsp3) is 0.533. The van der Waals surface area contributed by atoms with E-state index in [0.29, 0.717) is 0 Å². The number of hydrogen-bond donors (Lipinski definition) is 2. The van der Waals surface area contributed by atoms with E-state index in [-0.39, 0.29) is 17.8 Å². The first-order chi connectivity index (χ1) is 8.44. The Kier molecular flexibility index (Phi) is 5.35. The Morgan fingerprint density at radius 3 is 2.39 bits per heavy atom. The van der Waals surface area contributed by atoms with Crippen LogP contribution >= 0.6 is 0 Å². The average Bonchev–Trinajstić information content (AvgIpc) is 2.35. The van der Waals surface area contributed by atoms with Gasteiger partial charge in [-0.25, -0.2) is 0 Å². The van der Waals surface area contributed by atoms with E-state index >= 15 is 0 Å². The maximum atomic E-state index is 11.1. The third kappa shape index (κ3) is 4.88. The number of carbonyl (C=O) groups is 1. The number of ketones is 1. The normalized spacial score (nSPS) is 11.3. The van der Waals surface area contributed by atoms with Gasteiger partial charge in [0.25, 0.3) is 0 Å². The maximum Gasteiger partial charge on any atom is 0.159 e. The number of aliphatic hydroxyl groups is 1. The fourth-order valence-corrected chi connectivity index (χ4v) is 1.81. The standard InChI is InChI=1S/C15H23NO2/c1-12(18)13-5-7-14(8-6-13)16-11-15(2,3)9-4-10-17/h5-8,16-17H,4,9-11H2,1-3H3. The smallest absolute Gasteiger partial charge is 0.159 e. The molecule has 0 fully saturated rings. The zero-order chi connectivity index (χ0) is 13.6. The second kappa shape index (κ2) is 6.55. The van der Waals surface area contributed by atoms with Crippen molar-refractivity contribution in [3.8, 4) is 0 Å². The maximum absolute atomic E-state index is 11.1. The Labute approximate surface area is 109 Å². The van der Waals surface area contributed by atoms with Crippen molar-refractivity contribution in [3.05, 3.63) is 29.8 Å². The van der Waals surface area contributed by atoms with Crippen LogP contribution in [0.25, 0.3) is 0 Å². The second-order valence-corrected chi connectivity index (χ2v) is 5.48. The molecule has 0 spiro atoms. The first-order valence-electron chi connectivity index (χ1n) is 6.40. The van der Waals surface area contributed by atoms with Crippen LogP contribution < -0.4 is 5.32 Å². The number of carbonyl (C=O) groups excluding carboxylic acids is 1. The first kappa shape index (κ1) is 14.7. The van der Waals surface area contributed by atoms with Crippen LogP contribution in [-0.4, -0.2) is 24.0 Å². The SMILES string of the molecule is CC(=O)c1ccc(NCC(C)(C)CCCO)cc1. The van der Waals surface area contributed by atoms with Crippen molar-refractivity contribution in [2.75, 3.05) is 18.5 Å². The molecule has 1 aromatic carbocycles. The van der Waals surface area contributed by atoms with Crippen molar-refractivity contribution >= 4 is 11.5 Å². The number of anilines is 1. The zero-order valence-electron chi connectivity index (χ0n) is 11.5. The number of Topliss-reactive ketones (excluding diaryl/α,β-unsaturated/α-hetero) is 1. The van der Waals surface area contributed by atoms with E-state index in [1.54, 1.807) is 6.92 Å². The van der Waals surface area contributed by atoms with E-state index in [2.05, 4.69) is 19.2 Å². The number of rotatable bonds is 7. The van der Waals surface area contributed by atoms with Gasteiger partial charge in [0.1, 0.15) is 0 Å². The molecule has 3 heteroatoms.